The van der Waals surface area contributed by atoms with Crippen molar-refractivity contribution in [3.8, 4) is 0 Å². The highest BCUT2D eigenvalue weighted by Gasteiger charge is 2.17. The number of benzene rings is 1. The number of nitrogens with zero attached hydrogens (tertiary/aromatic N) is 1. The molecule has 0 aliphatic carbocycles. The molecule has 1 atom stereocenters. The minimum Gasteiger partial charge on any atom is -0.396 e. The number of nitrogen functional groups attached to an aromatic ring is 1. The molecule has 2 aromatic rings. The standard InChI is InChI=1S/C15H16Cl2N4O3S/c1-7-3-12(21-24-7)20-15(23)8(2)25-6-13(22)19-9-4-10(16)14(18)11(17)5-9/h3-5,8H,6,18H2,1-2H3,(H,19,22)(H,20,21,23). The average molecular weight is 403 g/mol. The number of thioether (sulfide) groups is 1. The Morgan fingerprint density at radius 1 is 1.28 bits per heavy atom. The second-order valence-corrected chi connectivity index (χ2v) is 7.31. The number of anilines is 3. The van der Waals surface area contributed by atoms with Gasteiger partial charge in [-0.1, -0.05) is 28.4 Å². The van der Waals surface area contributed by atoms with E-state index in [2.05, 4.69) is 15.8 Å². The summed E-state index contributed by atoms with van der Waals surface area (Å²) in [5, 5.41) is 9.00. The van der Waals surface area contributed by atoms with Gasteiger partial charge in [0.2, 0.25) is 11.8 Å². The number of carbonyl (C=O) groups excluding carboxylic acids is 2. The lowest BCUT2D eigenvalue weighted by Crippen LogP contribution is -2.25. The van der Waals surface area contributed by atoms with Crippen LogP contribution in [0.25, 0.3) is 0 Å². The van der Waals surface area contributed by atoms with E-state index >= 15 is 0 Å². The Morgan fingerprint density at radius 3 is 2.48 bits per heavy atom. The molecule has 25 heavy (non-hydrogen) atoms. The van der Waals surface area contributed by atoms with Crippen molar-refractivity contribution in [2.75, 3.05) is 22.1 Å². The lowest BCUT2D eigenvalue weighted by Gasteiger charge is -2.11. The summed E-state index contributed by atoms with van der Waals surface area (Å²) in [6.07, 6.45) is 0. The number of aryl methyl sites for hydroxylation is 1. The van der Waals surface area contributed by atoms with Gasteiger partial charge in [-0.3, -0.25) is 9.59 Å². The fraction of sp³-hybridized carbons (Fsp3) is 0.267. The molecule has 7 nitrogen and oxygen atoms in total. The summed E-state index contributed by atoms with van der Waals surface area (Å²) in [5.41, 5.74) is 6.33. The number of nitrogens with one attached hydrogen (secondary N) is 2. The van der Waals surface area contributed by atoms with E-state index in [0.29, 0.717) is 17.3 Å². The monoisotopic (exact) mass is 402 g/mol. The van der Waals surface area contributed by atoms with Crippen LogP contribution < -0.4 is 16.4 Å². The third-order valence-corrected chi connectivity index (χ3v) is 4.84. The average Bonchev–Trinajstić information content (AvgIpc) is 2.95. The first kappa shape index (κ1) is 19.4. The Kier molecular flexibility index (Phi) is 6.57. The number of aromatic nitrogens is 1. The zero-order chi connectivity index (χ0) is 18.6. The molecule has 2 amide bonds. The van der Waals surface area contributed by atoms with E-state index in [1.807, 2.05) is 0 Å². The topological polar surface area (TPSA) is 110 Å². The van der Waals surface area contributed by atoms with Crippen LogP contribution in [0.1, 0.15) is 12.7 Å². The van der Waals surface area contributed by atoms with Crippen molar-refractivity contribution < 1.29 is 14.1 Å². The Bertz CT molecular complexity index is 774. The van der Waals surface area contributed by atoms with Gasteiger partial charge in [-0.15, -0.1) is 11.8 Å². The van der Waals surface area contributed by atoms with E-state index < -0.39 is 5.25 Å². The number of hydrogen-bond donors (Lipinski definition) is 3. The number of halogens is 2. The minimum absolute atomic E-state index is 0.0754. The van der Waals surface area contributed by atoms with E-state index in [4.69, 9.17) is 33.5 Å². The molecule has 0 bridgehead atoms. The van der Waals surface area contributed by atoms with E-state index in [0.717, 1.165) is 0 Å². The summed E-state index contributed by atoms with van der Waals surface area (Å²) in [7, 11) is 0. The van der Waals surface area contributed by atoms with E-state index in [1.165, 1.54) is 23.9 Å². The van der Waals surface area contributed by atoms with Gasteiger partial charge < -0.3 is 20.9 Å². The maximum Gasteiger partial charge on any atom is 0.238 e. The Hall–Kier alpha value is -1.90. The van der Waals surface area contributed by atoms with Crippen LogP contribution in [0.4, 0.5) is 17.2 Å². The fourth-order valence-corrected chi connectivity index (χ4v) is 2.95. The first-order valence-corrected chi connectivity index (χ1v) is 8.97. The lowest BCUT2D eigenvalue weighted by atomic mass is 10.3. The van der Waals surface area contributed by atoms with Crippen LogP contribution in [0.5, 0.6) is 0 Å². The Morgan fingerprint density at radius 2 is 1.92 bits per heavy atom. The predicted octanol–water partition coefficient (Wildman–Crippen LogP) is 3.57. The smallest absolute Gasteiger partial charge is 0.238 e. The van der Waals surface area contributed by atoms with Crippen LogP contribution in [0.3, 0.4) is 0 Å². The maximum absolute atomic E-state index is 12.0. The molecule has 0 spiro atoms. The fourth-order valence-electron chi connectivity index (χ4n) is 1.78. The molecule has 1 unspecified atom stereocenters. The van der Waals surface area contributed by atoms with Crippen molar-refractivity contribution in [1.82, 2.24) is 5.16 Å². The second-order valence-electron chi connectivity index (χ2n) is 5.17. The maximum atomic E-state index is 12.0. The van der Waals surface area contributed by atoms with Crippen LogP contribution in [0.2, 0.25) is 10.0 Å². The van der Waals surface area contributed by atoms with Gasteiger partial charge in [-0.25, -0.2) is 0 Å². The number of rotatable bonds is 6. The highest BCUT2D eigenvalue weighted by Crippen LogP contribution is 2.31. The lowest BCUT2D eigenvalue weighted by molar-refractivity contribution is -0.115. The molecule has 134 valence electrons. The van der Waals surface area contributed by atoms with Crippen molar-refractivity contribution in [1.29, 1.82) is 0 Å². The van der Waals surface area contributed by atoms with E-state index in [-0.39, 0.29) is 33.3 Å². The summed E-state index contributed by atoms with van der Waals surface area (Å²) in [4.78, 5) is 24.0. The molecule has 1 heterocycles. The molecule has 1 aromatic carbocycles. The predicted molar refractivity (Wildman–Crippen MR) is 101 cm³/mol. The van der Waals surface area contributed by atoms with Gasteiger partial charge in [-0.2, -0.15) is 0 Å². The molecular weight excluding hydrogens is 387 g/mol. The Balaban J connectivity index is 1.83. The summed E-state index contributed by atoms with van der Waals surface area (Å²) in [5.74, 6) is 0.441. The van der Waals surface area contributed by atoms with Crippen LogP contribution in [0, 0.1) is 6.92 Å². The second kappa shape index (κ2) is 8.46. The SMILES string of the molecule is Cc1cc(NC(=O)C(C)SCC(=O)Nc2cc(Cl)c(N)c(Cl)c2)no1. The molecule has 2 rings (SSSR count). The van der Waals surface area contributed by atoms with Crippen molar-refractivity contribution in [2.45, 2.75) is 19.1 Å². The van der Waals surface area contributed by atoms with Crippen molar-refractivity contribution in [3.63, 3.8) is 0 Å². The molecule has 4 N–H and O–H groups in total. The van der Waals surface area contributed by atoms with Crippen LogP contribution in [-0.2, 0) is 9.59 Å². The van der Waals surface area contributed by atoms with Gasteiger partial charge in [0.25, 0.3) is 0 Å². The minimum atomic E-state index is -0.457. The number of carbonyl (C=O) groups is 2. The number of amides is 2. The van der Waals surface area contributed by atoms with Gasteiger partial charge in [0.05, 0.1) is 26.7 Å². The molecule has 0 radical (unpaired) electrons. The molecule has 0 saturated carbocycles. The largest absolute Gasteiger partial charge is 0.396 e. The van der Waals surface area contributed by atoms with Crippen molar-refractivity contribution >= 4 is 64.0 Å². The molecule has 0 fully saturated rings. The van der Waals surface area contributed by atoms with Gasteiger partial charge >= 0.3 is 0 Å². The van der Waals surface area contributed by atoms with Gasteiger partial charge in [0, 0.05) is 11.8 Å². The van der Waals surface area contributed by atoms with Gasteiger partial charge in [0.15, 0.2) is 5.82 Å². The first-order chi connectivity index (χ1) is 11.8. The zero-order valence-electron chi connectivity index (χ0n) is 13.4. The Labute approximate surface area is 158 Å². The number of hydrogen-bond acceptors (Lipinski definition) is 6. The van der Waals surface area contributed by atoms with Crippen molar-refractivity contribution in [2.24, 2.45) is 0 Å². The van der Waals surface area contributed by atoms with E-state index in [9.17, 15) is 9.59 Å². The number of nitrogens with two attached hydrogens (primary N) is 1. The highest BCUT2D eigenvalue weighted by atomic mass is 35.5. The third kappa shape index (κ3) is 5.55. The van der Waals surface area contributed by atoms with Gasteiger partial charge in [-0.05, 0) is 26.0 Å². The summed E-state index contributed by atoms with van der Waals surface area (Å²) in [6, 6.07) is 4.62. The van der Waals surface area contributed by atoms with Crippen LogP contribution in [0.15, 0.2) is 22.7 Å². The summed E-state index contributed by atoms with van der Waals surface area (Å²) < 4.78 is 4.87. The zero-order valence-corrected chi connectivity index (χ0v) is 15.8. The first-order valence-electron chi connectivity index (χ1n) is 7.16. The molecule has 0 aliphatic rings. The molecule has 1 aromatic heterocycles. The quantitative estimate of drug-likeness (QED) is 0.636. The molecule has 0 saturated heterocycles. The van der Waals surface area contributed by atoms with Crippen LogP contribution >= 0.6 is 35.0 Å². The summed E-state index contributed by atoms with van der Waals surface area (Å²) in [6.45, 7) is 3.41. The summed E-state index contributed by atoms with van der Waals surface area (Å²) >= 11 is 13.0. The van der Waals surface area contributed by atoms with Crippen molar-refractivity contribution in [3.05, 3.63) is 34.0 Å². The normalized spacial score (nSPS) is 11.8. The van der Waals surface area contributed by atoms with Crippen LogP contribution in [-0.4, -0.2) is 28.0 Å². The highest BCUT2D eigenvalue weighted by molar-refractivity contribution is 8.01. The molecular formula is C15H16Cl2N4O3S. The molecule has 0 aliphatic heterocycles. The van der Waals surface area contributed by atoms with Gasteiger partial charge in [0.1, 0.15) is 5.76 Å². The van der Waals surface area contributed by atoms with E-state index in [1.54, 1.807) is 19.9 Å². The molecule has 10 heteroatoms. The third-order valence-electron chi connectivity index (χ3n) is 3.08.